The number of carbonyl (C=O) groups is 3. The smallest absolute Gasteiger partial charge is 0.407 e. The molecule has 1 saturated heterocycles. The van der Waals surface area contributed by atoms with Crippen molar-refractivity contribution < 1.29 is 24.2 Å². The number of amides is 2. The summed E-state index contributed by atoms with van der Waals surface area (Å²) in [6, 6.07) is 16.4. The number of benzene rings is 2. The zero-order valence-electron chi connectivity index (χ0n) is 19.4. The molecule has 0 bridgehead atoms. The van der Waals surface area contributed by atoms with Gasteiger partial charge in [0.1, 0.15) is 6.61 Å². The van der Waals surface area contributed by atoms with E-state index in [1.807, 2.05) is 24.3 Å². The molecule has 1 saturated carbocycles. The van der Waals surface area contributed by atoms with Gasteiger partial charge >= 0.3 is 12.1 Å². The number of likely N-dealkylation sites (tertiary alicyclic amines) is 1. The highest BCUT2D eigenvalue weighted by molar-refractivity contribution is 5.83. The van der Waals surface area contributed by atoms with Crippen LogP contribution in [0.15, 0.2) is 48.5 Å². The van der Waals surface area contributed by atoms with Crippen molar-refractivity contribution in [3.63, 3.8) is 0 Å². The molecular formula is C27H30N2O5. The average molecular weight is 463 g/mol. The summed E-state index contributed by atoms with van der Waals surface area (Å²) in [4.78, 5) is 38.2. The molecule has 5 rings (SSSR count). The van der Waals surface area contributed by atoms with Gasteiger partial charge < -0.3 is 20.1 Å². The number of hydrogen-bond donors (Lipinski definition) is 2. The zero-order valence-corrected chi connectivity index (χ0v) is 19.4. The van der Waals surface area contributed by atoms with Gasteiger partial charge in [0.2, 0.25) is 5.91 Å². The van der Waals surface area contributed by atoms with Crippen molar-refractivity contribution in [1.82, 2.24) is 10.2 Å². The van der Waals surface area contributed by atoms with Gasteiger partial charge in [0.15, 0.2) is 0 Å². The number of carboxylic acids is 1. The van der Waals surface area contributed by atoms with Gasteiger partial charge in [-0.1, -0.05) is 55.0 Å². The lowest BCUT2D eigenvalue weighted by molar-refractivity contribution is -0.165. The molecule has 2 aromatic carbocycles. The molecule has 2 aromatic rings. The lowest BCUT2D eigenvalue weighted by atomic mass is 9.66. The molecule has 0 atom stereocenters. The van der Waals surface area contributed by atoms with Crippen LogP contribution in [0.2, 0.25) is 0 Å². The molecule has 2 fully saturated rings. The van der Waals surface area contributed by atoms with E-state index in [1.165, 1.54) is 22.3 Å². The van der Waals surface area contributed by atoms with E-state index in [2.05, 4.69) is 29.6 Å². The molecule has 34 heavy (non-hydrogen) atoms. The largest absolute Gasteiger partial charge is 0.481 e. The van der Waals surface area contributed by atoms with Crippen molar-refractivity contribution in [2.24, 2.45) is 10.8 Å². The molecule has 7 nitrogen and oxygen atoms in total. The van der Waals surface area contributed by atoms with Crippen LogP contribution in [0, 0.1) is 10.8 Å². The van der Waals surface area contributed by atoms with Crippen LogP contribution in [0.1, 0.15) is 49.7 Å². The van der Waals surface area contributed by atoms with Crippen LogP contribution in [0.25, 0.3) is 11.1 Å². The minimum absolute atomic E-state index is 0.00681. The summed E-state index contributed by atoms with van der Waals surface area (Å²) >= 11 is 0. The van der Waals surface area contributed by atoms with E-state index >= 15 is 0 Å². The standard InChI is InChI=1S/C27H30N2O5/c1-26(24(31)32)16-29(17-26)23(30)13-27(11-6-12-27)15-28-25(33)34-14-22-20-9-4-2-7-18(20)19-8-3-5-10-21(19)22/h2-5,7-10,22H,6,11-17H2,1H3,(H,28,33)(H,31,32). The molecule has 7 heteroatoms. The van der Waals surface area contributed by atoms with Crippen LogP contribution in [0.4, 0.5) is 4.79 Å². The predicted octanol–water partition coefficient (Wildman–Crippen LogP) is 4.02. The van der Waals surface area contributed by atoms with Crippen molar-refractivity contribution in [1.29, 1.82) is 0 Å². The highest BCUT2D eigenvalue weighted by Crippen LogP contribution is 2.46. The van der Waals surface area contributed by atoms with Crippen molar-refractivity contribution in [3.05, 3.63) is 59.7 Å². The van der Waals surface area contributed by atoms with E-state index in [9.17, 15) is 19.5 Å². The lowest BCUT2D eigenvalue weighted by Crippen LogP contribution is -2.61. The molecule has 0 spiro atoms. The molecular weight excluding hydrogens is 432 g/mol. The summed E-state index contributed by atoms with van der Waals surface area (Å²) in [5.74, 6) is -0.896. The van der Waals surface area contributed by atoms with Crippen LogP contribution >= 0.6 is 0 Å². The van der Waals surface area contributed by atoms with Crippen molar-refractivity contribution in [2.45, 2.75) is 38.5 Å². The van der Waals surface area contributed by atoms with Crippen LogP contribution in [0.5, 0.6) is 0 Å². The van der Waals surface area contributed by atoms with E-state index in [0.717, 1.165) is 19.3 Å². The number of carbonyl (C=O) groups excluding carboxylic acids is 2. The Morgan fingerprint density at radius 1 is 1.03 bits per heavy atom. The fourth-order valence-corrected chi connectivity index (χ4v) is 5.54. The summed E-state index contributed by atoms with van der Waals surface area (Å²) in [5.41, 5.74) is 3.59. The Labute approximate surface area is 199 Å². The first kappa shape index (κ1) is 22.4. The molecule has 3 aliphatic rings. The van der Waals surface area contributed by atoms with E-state index in [1.54, 1.807) is 11.8 Å². The van der Waals surface area contributed by atoms with E-state index in [0.29, 0.717) is 13.0 Å². The second-order valence-electron chi connectivity index (χ2n) is 10.3. The third-order valence-electron chi connectivity index (χ3n) is 7.84. The summed E-state index contributed by atoms with van der Waals surface area (Å²) in [6.07, 6.45) is 2.61. The summed E-state index contributed by atoms with van der Waals surface area (Å²) in [7, 11) is 0. The first-order chi connectivity index (χ1) is 16.3. The Morgan fingerprint density at radius 3 is 2.15 bits per heavy atom. The zero-order chi connectivity index (χ0) is 23.9. The Bertz CT molecular complexity index is 1090. The fraction of sp³-hybridized carbons (Fsp3) is 0.444. The van der Waals surface area contributed by atoms with Crippen molar-refractivity contribution in [3.8, 4) is 11.1 Å². The third-order valence-corrected chi connectivity index (χ3v) is 7.84. The van der Waals surface area contributed by atoms with Gasteiger partial charge in [0.25, 0.3) is 0 Å². The van der Waals surface area contributed by atoms with Crippen LogP contribution < -0.4 is 5.32 Å². The van der Waals surface area contributed by atoms with E-state index < -0.39 is 17.5 Å². The number of fused-ring (bicyclic) bond motifs is 3. The molecule has 1 aliphatic heterocycles. The molecule has 0 radical (unpaired) electrons. The maximum Gasteiger partial charge on any atom is 0.407 e. The monoisotopic (exact) mass is 462 g/mol. The summed E-state index contributed by atoms with van der Waals surface area (Å²) < 4.78 is 5.63. The number of ether oxygens (including phenoxy) is 1. The van der Waals surface area contributed by atoms with Crippen molar-refractivity contribution >= 4 is 18.0 Å². The maximum atomic E-state index is 12.7. The number of aliphatic carboxylic acids is 1. The molecule has 0 aromatic heterocycles. The number of alkyl carbamates (subject to hydrolysis) is 1. The third kappa shape index (κ3) is 3.93. The quantitative estimate of drug-likeness (QED) is 0.648. The Morgan fingerprint density at radius 2 is 1.62 bits per heavy atom. The van der Waals surface area contributed by atoms with Gasteiger partial charge in [0, 0.05) is 32.0 Å². The van der Waals surface area contributed by atoms with Gasteiger partial charge in [-0.15, -0.1) is 0 Å². The van der Waals surface area contributed by atoms with Gasteiger partial charge in [-0.2, -0.15) is 0 Å². The van der Waals surface area contributed by atoms with Gasteiger partial charge in [-0.05, 0) is 47.4 Å². The van der Waals surface area contributed by atoms with E-state index in [4.69, 9.17) is 4.74 Å². The average Bonchev–Trinajstić information content (AvgIpc) is 3.10. The first-order valence-electron chi connectivity index (χ1n) is 11.9. The van der Waals surface area contributed by atoms with Crippen LogP contribution in [0.3, 0.4) is 0 Å². The number of nitrogens with zero attached hydrogens (tertiary/aromatic N) is 1. The molecule has 2 aliphatic carbocycles. The number of hydrogen-bond acceptors (Lipinski definition) is 4. The fourth-order valence-electron chi connectivity index (χ4n) is 5.54. The second kappa shape index (κ2) is 8.46. The van der Waals surface area contributed by atoms with Gasteiger partial charge in [-0.3, -0.25) is 9.59 Å². The Hall–Kier alpha value is -3.35. The normalized spacial score (nSPS) is 19.3. The molecule has 178 valence electrons. The SMILES string of the molecule is CC1(C(=O)O)CN(C(=O)CC2(CNC(=O)OCC3c4ccccc4-c4ccccc43)CCC2)C1. The Balaban J connectivity index is 1.14. The highest BCUT2D eigenvalue weighted by Gasteiger charge is 2.49. The summed E-state index contributed by atoms with van der Waals surface area (Å²) in [6.45, 7) is 2.80. The molecule has 2 N–H and O–H groups in total. The highest BCUT2D eigenvalue weighted by atomic mass is 16.5. The van der Waals surface area contributed by atoms with Gasteiger partial charge in [0.05, 0.1) is 5.41 Å². The minimum Gasteiger partial charge on any atom is -0.481 e. The first-order valence-corrected chi connectivity index (χ1v) is 11.9. The minimum atomic E-state index is -0.869. The van der Waals surface area contributed by atoms with Gasteiger partial charge in [-0.25, -0.2) is 4.79 Å². The molecule has 0 unspecified atom stereocenters. The topological polar surface area (TPSA) is 95.9 Å². The Kier molecular flexibility index (Phi) is 5.58. The number of carboxylic acid groups (broad SMARTS) is 1. The molecule has 2 amide bonds. The second-order valence-corrected chi connectivity index (χ2v) is 10.3. The van der Waals surface area contributed by atoms with Crippen molar-refractivity contribution in [2.75, 3.05) is 26.2 Å². The maximum absolute atomic E-state index is 12.7. The van der Waals surface area contributed by atoms with E-state index in [-0.39, 0.29) is 36.9 Å². The summed E-state index contributed by atoms with van der Waals surface area (Å²) in [5, 5.41) is 12.2. The predicted molar refractivity (Wildman–Crippen MR) is 126 cm³/mol. The van der Waals surface area contributed by atoms with Crippen LogP contribution in [-0.2, 0) is 14.3 Å². The van der Waals surface area contributed by atoms with Crippen LogP contribution in [-0.4, -0.2) is 54.2 Å². The lowest BCUT2D eigenvalue weighted by Gasteiger charge is -2.48. The number of nitrogens with one attached hydrogen (secondary N) is 1. The number of rotatable bonds is 7. The molecule has 1 heterocycles.